The summed E-state index contributed by atoms with van der Waals surface area (Å²) in [4.78, 5) is 23.9. The first-order chi connectivity index (χ1) is 10.1. The first-order valence-electron chi connectivity index (χ1n) is 6.90. The summed E-state index contributed by atoms with van der Waals surface area (Å²) in [5.74, 6) is -0.615. The molecular formula is C15H20N2O4. The number of benzene rings is 1. The molecule has 0 spiro atoms. The minimum atomic E-state index is -0.456. The van der Waals surface area contributed by atoms with Crippen LogP contribution < -0.4 is 10.6 Å². The van der Waals surface area contributed by atoms with Crippen LogP contribution in [0.15, 0.2) is 18.2 Å². The van der Waals surface area contributed by atoms with Gasteiger partial charge in [0.15, 0.2) is 0 Å². The average Bonchev–Trinajstić information content (AvgIpc) is 2.47. The monoisotopic (exact) mass is 292 g/mol. The summed E-state index contributed by atoms with van der Waals surface area (Å²) in [7, 11) is 1.32. The van der Waals surface area contributed by atoms with Crippen LogP contribution in [0, 0.1) is 6.92 Å². The molecule has 1 fully saturated rings. The average molecular weight is 292 g/mol. The number of methoxy groups -OCH3 is 1. The maximum atomic E-state index is 12.1. The fraction of sp³-hybridized carbons (Fsp3) is 0.467. The molecule has 6 nitrogen and oxygen atoms in total. The Hall–Kier alpha value is -1.92. The molecule has 0 saturated carbocycles. The molecule has 1 amide bonds. The van der Waals surface area contributed by atoms with Crippen LogP contribution in [0.1, 0.15) is 22.3 Å². The van der Waals surface area contributed by atoms with E-state index in [2.05, 4.69) is 10.6 Å². The molecule has 1 atom stereocenters. The quantitative estimate of drug-likeness (QED) is 0.813. The summed E-state index contributed by atoms with van der Waals surface area (Å²) in [6.07, 6.45) is 0.300. The summed E-state index contributed by atoms with van der Waals surface area (Å²) in [6, 6.07) is 5.30. The van der Waals surface area contributed by atoms with Crippen LogP contribution in [0.5, 0.6) is 0 Å². The van der Waals surface area contributed by atoms with E-state index in [1.807, 2.05) is 0 Å². The van der Waals surface area contributed by atoms with Gasteiger partial charge >= 0.3 is 5.97 Å². The Morgan fingerprint density at radius 1 is 1.48 bits per heavy atom. The summed E-state index contributed by atoms with van der Waals surface area (Å²) in [5.41, 5.74) is 1.63. The second-order valence-electron chi connectivity index (χ2n) is 4.97. The molecule has 114 valence electrons. The molecule has 0 bridgehead atoms. The highest BCUT2D eigenvalue weighted by Gasteiger charge is 2.20. The van der Waals surface area contributed by atoms with E-state index in [-0.39, 0.29) is 11.9 Å². The number of aryl methyl sites for hydroxylation is 1. The van der Waals surface area contributed by atoms with Crippen molar-refractivity contribution in [1.82, 2.24) is 5.32 Å². The zero-order valence-corrected chi connectivity index (χ0v) is 12.3. The Labute approximate surface area is 123 Å². The highest BCUT2D eigenvalue weighted by Crippen LogP contribution is 2.21. The summed E-state index contributed by atoms with van der Waals surface area (Å²) < 4.78 is 10.1. The zero-order chi connectivity index (χ0) is 15.2. The minimum absolute atomic E-state index is 0.00476. The van der Waals surface area contributed by atoms with E-state index >= 15 is 0 Å². The highest BCUT2D eigenvalue weighted by atomic mass is 16.5. The fourth-order valence-corrected chi connectivity index (χ4v) is 2.32. The Bertz CT molecular complexity index is 524. The Balaban J connectivity index is 2.06. The molecule has 1 aromatic rings. The third kappa shape index (κ3) is 4.03. The summed E-state index contributed by atoms with van der Waals surface area (Å²) in [5, 5.41) is 6.00. The second-order valence-corrected chi connectivity index (χ2v) is 4.97. The van der Waals surface area contributed by atoms with E-state index in [4.69, 9.17) is 9.47 Å². The number of hydrogen-bond donors (Lipinski definition) is 2. The van der Waals surface area contributed by atoms with Gasteiger partial charge in [0.05, 0.1) is 31.6 Å². The molecule has 6 heteroatoms. The van der Waals surface area contributed by atoms with Gasteiger partial charge < -0.3 is 20.1 Å². The topological polar surface area (TPSA) is 76.7 Å². The minimum Gasteiger partial charge on any atom is -0.465 e. The fourth-order valence-electron chi connectivity index (χ4n) is 2.32. The van der Waals surface area contributed by atoms with Gasteiger partial charge in [-0.05, 0) is 18.6 Å². The first kappa shape index (κ1) is 15.5. The Morgan fingerprint density at radius 3 is 2.95 bits per heavy atom. The number of anilines is 1. The summed E-state index contributed by atoms with van der Waals surface area (Å²) >= 11 is 0. The lowest BCUT2D eigenvalue weighted by Crippen LogP contribution is -2.43. The van der Waals surface area contributed by atoms with Gasteiger partial charge in [-0.1, -0.05) is 12.1 Å². The van der Waals surface area contributed by atoms with Gasteiger partial charge in [0.2, 0.25) is 5.91 Å². The SMILES string of the molecule is COC(=O)c1c(C)cccc1NC(=O)CC1COCCN1. The molecule has 21 heavy (non-hydrogen) atoms. The number of carbonyl (C=O) groups excluding carboxylic acids is 2. The van der Waals surface area contributed by atoms with E-state index in [1.54, 1.807) is 25.1 Å². The summed E-state index contributed by atoms with van der Waals surface area (Å²) in [6.45, 7) is 3.74. The Kier molecular flexibility index (Phi) is 5.30. The molecule has 1 unspecified atom stereocenters. The van der Waals surface area contributed by atoms with Crippen molar-refractivity contribution in [3.05, 3.63) is 29.3 Å². The van der Waals surface area contributed by atoms with E-state index in [0.29, 0.717) is 30.9 Å². The predicted molar refractivity (Wildman–Crippen MR) is 78.4 cm³/mol. The van der Waals surface area contributed by atoms with E-state index in [1.165, 1.54) is 7.11 Å². The van der Waals surface area contributed by atoms with Crippen molar-refractivity contribution < 1.29 is 19.1 Å². The molecule has 1 aliphatic heterocycles. The molecule has 2 N–H and O–H groups in total. The van der Waals surface area contributed by atoms with Crippen molar-refractivity contribution in [3.8, 4) is 0 Å². The smallest absolute Gasteiger partial charge is 0.340 e. The van der Waals surface area contributed by atoms with Crippen molar-refractivity contribution in [2.45, 2.75) is 19.4 Å². The number of esters is 1. The first-order valence-corrected chi connectivity index (χ1v) is 6.90. The maximum Gasteiger partial charge on any atom is 0.340 e. The largest absolute Gasteiger partial charge is 0.465 e. The molecule has 1 aliphatic rings. The molecule has 1 saturated heterocycles. The van der Waals surface area contributed by atoms with Gasteiger partial charge in [0.1, 0.15) is 0 Å². The van der Waals surface area contributed by atoms with Crippen LogP contribution >= 0.6 is 0 Å². The molecule has 2 rings (SSSR count). The van der Waals surface area contributed by atoms with Gasteiger partial charge in [0.25, 0.3) is 0 Å². The Morgan fingerprint density at radius 2 is 2.29 bits per heavy atom. The number of morpholine rings is 1. The van der Waals surface area contributed by atoms with Crippen LogP contribution in [0.25, 0.3) is 0 Å². The number of hydrogen-bond acceptors (Lipinski definition) is 5. The van der Waals surface area contributed by atoms with E-state index in [9.17, 15) is 9.59 Å². The van der Waals surface area contributed by atoms with Crippen LogP contribution in [0.3, 0.4) is 0 Å². The van der Waals surface area contributed by atoms with Gasteiger partial charge in [-0.25, -0.2) is 4.79 Å². The molecule has 1 aromatic carbocycles. The third-order valence-electron chi connectivity index (χ3n) is 3.37. The molecule has 0 aliphatic carbocycles. The van der Waals surface area contributed by atoms with Gasteiger partial charge in [-0.3, -0.25) is 4.79 Å². The van der Waals surface area contributed by atoms with Gasteiger partial charge in [-0.2, -0.15) is 0 Å². The number of rotatable bonds is 4. The van der Waals surface area contributed by atoms with Crippen molar-refractivity contribution in [2.24, 2.45) is 0 Å². The van der Waals surface area contributed by atoms with Gasteiger partial charge in [-0.15, -0.1) is 0 Å². The van der Waals surface area contributed by atoms with Gasteiger partial charge in [0, 0.05) is 19.0 Å². The second kappa shape index (κ2) is 7.19. The molecule has 1 heterocycles. The number of carbonyl (C=O) groups is 2. The van der Waals surface area contributed by atoms with Crippen LogP contribution in [-0.4, -0.2) is 44.8 Å². The third-order valence-corrected chi connectivity index (χ3v) is 3.37. The number of ether oxygens (including phenoxy) is 2. The normalized spacial score (nSPS) is 18.1. The highest BCUT2D eigenvalue weighted by molar-refractivity contribution is 6.02. The zero-order valence-electron chi connectivity index (χ0n) is 12.3. The number of nitrogens with one attached hydrogen (secondary N) is 2. The molecule has 0 radical (unpaired) electrons. The lowest BCUT2D eigenvalue weighted by molar-refractivity contribution is -0.117. The van der Waals surface area contributed by atoms with Crippen LogP contribution in [0.4, 0.5) is 5.69 Å². The lowest BCUT2D eigenvalue weighted by atomic mass is 10.1. The predicted octanol–water partition coefficient (Wildman–Crippen LogP) is 1.10. The van der Waals surface area contributed by atoms with E-state index < -0.39 is 5.97 Å². The lowest BCUT2D eigenvalue weighted by Gasteiger charge is -2.23. The van der Waals surface area contributed by atoms with Crippen LogP contribution in [0.2, 0.25) is 0 Å². The molecular weight excluding hydrogens is 272 g/mol. The van der Waals surface area contributed by atoms with Crippen LogP contribution in [-0.2, 0) is 14.3 Å². The van der Waals surface area contributed by atoms with Crippen molar-refractivity contribution in [2.75, 3.05) is 32.2 Å². The number of amides is 1. The van der Waals surface area contributed by atoms with Crippen molar-refractivity contribution >= 4 is 17.6 Å². The maximum absolute atomic E-state index is 12.1. The van der Waals surface area contributed by atoms with Crippen molar-refractivity contribution in [3.63, 3.8) is 0 Å². The van der Waals surface area contributed by atoms with Crippen molar-refractivity contribution in [1.29, 1.82) is 0 Å². The van der Waals surface area contributed by atoms with E-state index in [0.717, 1.165) is 12.1 Å². The molecule has 0 aromatic heterocycles. The standard InChI is InChI=1S/C15H20N2O4/c1-10-4-3-5-12(14(10)15(19)20-2)17-13(18)8-11-9-21-7-6-16-11/h3-5,11,16H,6-9H2,1-2H3,(H,17,18).